The van der Waals surface area contributed by atoms with E-state index in [0.29, 0.717) is 5.92 Å². The molecule has 3 aliphatic rings. The minimum atomic E-state index is -1.83. The molecule has 210 valence electrons. The van der Waals surface area contributed by atoms with Crippen molar-refractivity contribution in [1.82, 2.24) is 5.32 Å². The summed E-state index contributed by atoms with van der Waals surface area (Å²) in [6.07, 6.45) is 17.9. The maximum atomic E-state index is 12.5. The average Bonchev–Trinajstić information content (AvgIpc) is 3.51. The molecule has 0 aromatic carbocycles. The molecule has 0 aromatic rings. The fraction of sp³-hybridized carbons (Fsp3) is 0.774. The molecular weight excluding hydrogens is 478 g/mol. The van der Waals surface area contributed by atoms with Gasteiger partial charge in [-0.15, -0.1) is 0 Å². The second-order valence-electron chi connectivity index (χ2n) is 14.0. The molecule has 1 aliphatic carbocycles. The van der Waals surface area contributed by atoms with Crippen molar-refractivity contribution in [2.75, 3.05) is 6.61 Å². The second-order valence-corrected chi connectivity index (χ2v) is 18.7. The van der Waals surface area contributed by atoms with Crippen molar-refractivity contribution in [1.29, 1.82) is 0 Å². The van der Waals surface area contributed by atoms with Crippen LogP contribution in [0, 0.1) is 5.92 Å². The molecule has 3 rings (SSSR count). The van der Waals surface area contributed by atoms with E-state index in [1.165, 1.54) is 5.57 Å². The van der Waals surface area contributed by atoms with E-state index in [2.05, 4.69) is 78.2 Å². The molecule has 5 nitrogen and oxygen atoms in total. The number of nitrogens with one attached hydrogen (secondary N) is 1. The van der Waals surface area contributed by atoms with E-state index in [-0.39, 0.29) is 40.4 Å². The van der Waals surface area contributed by atoms with Crippen LogP contribution in [0.2, 0.25) is 18.1 Å². The lowest BCUT2D eigenvalue weighted by Gasteiger charge is -2.38. The minimum absolute atomic E-state index is 0.00138. The maximum Gasteiger partial charge on any atom is 0.243 e. The van der Waals surface area contributed by atoms with Gasteiger partial charge in [-0.3, -0.25) is 4.79 Å². The highest BCUT2D eigenvalue weighted by atomic mass is 28.4. The Hall–Kier alpha value is -1.21. The van der Waals surface area contributed by atoms with Gasteiger partial charge in [-0.25, -0.2) is 0 Å². The molecule has 2 aliphatic heterocycles. The zero-order chi connectivity index (χ0) is 27.5. The number of amides is 1. The Kier molecular flexibility index (Phi) is 9.75. The molecule has 1 spiro atoms. The molecule has 1 saturated carbocycles. The standard InChI is InChI=1S/C31H53NO4Si/c1-23(11-18-27-20-31(22-34-31)21-30(6,7)35-27)10-13-25-14-16-26(17-15-25)32-28(33)19-12-24(2)36-37(8,9)29(3,4)5/h10-12,18-19,24-27H,13-17,20-22H2,1-9H3,(H,32,33)/b18-11+,19-12-,23-10+/t24-,25-,26-,27+,31+/m0/s1. The topological polar surface area (TPSA) is 60.1 Å². The predicted octanol–water partition coefficient (Wildman–Crippen LogP) is 7.25. The summed E-state index contributed by atoms with van der Waals surface area (Å²) in [7, 11) is -1.83. The van der Waals surface area contributed by atoms with Crippen LogP contribution in [-0.2, 0) is 18.7 Å². The van der Waals surface area contributed by atoms with Crippen molar-refractivity contribution in [3.63, 3.8) is 0 Å². The van der Waals surface area contributed by atoms with Crippen LogP contribution >= 0.6 is 0 Å². The molecule has 2 heterocycles. The number of carbonyl (C=O) groups is 1. The van der Waals surface area contributed by atoms with Gasteiger partial charge < -0.3 is 19.2 Å². The summed E-state index contributed by atoms with van der Waals surface area (Å²) < 4.78 is 18.3. The van der Waals surface area contributed by atoms with Gasteiger partial charge in [0.15, 0.2) is 8.32 Å². The van der Waals surface area contributed by atoms with E-state index in [0.717, 1.165) is 51.6 Å². The Labute approximate surface area is 227 Å². The van der Waals surface area contributed by atoms with Crippen molar-refractivity contribution < 1.29 is 18.7 Å². The van der Waals surface area contributed by atoms with E-state index in [1.54, 1.807) is 6.08 Å². The Morgan fingerprint density at radius 1 is 1.16 bits per heavy atom. The van der Waals surface area contributed by atoms with Gasteiger partial charge in [0.2, 0.25) is 5.91 Å². The van der Waals surface area contributed by atoms with Gasteiger partial charge >= 0.3 is 0 Å². The molecule has 1 N–H and O–H groups in total. The number of hydrogen-bond acceptors (Lipinski definition) is 4. The third-order valence-electron chi connectivity index (χ3n) is 8.69. The van der Waals surface area contributed by atoms with E-state index < -0.39 is 8.32 Å². The molecule has 3 fully saturated rings. The van der Waals surface area contributed by atoms with Gasteiger partial charge in [-0.05, 0) is 83.8 Å². The first kappa shape index (κ1) is 30.3. The molecule has 3 atom stereocenters. The molecule has 1 amide bonds. The van der Waals surface area contributed by atoms with E-state index in [4.69, 9.17) is 13.9 Å². The summed E-state index contributed by atoms with van der Waals surface area (Å²) in [6.45, 7) is 20.6. The second kappa shape index (κ2) is 11.9. The highest BCUT2D eigenvalue weighted by Gasteiger charge is 2.53. The molecule has 0 aromatic heterocycles. The summed E-state index contributed by atoms with van der Waals surface area (Å²) in [4.78, 5) is 12.5. The van der Waals surface area contributed by atoms with Crippen molar-refractivity contribution in [3.05, 3.63) is 36.0 Å². The van der Waals surface area contributed by atoms with Gasteiger partial charge in [-0.2, -0.15) is 0 Å². The van der Waals surface area contributed by atoms with Gasteiger partial charge in [0.05, 0.1) is 30.0 Å². The first-order valence-electron chi connectivity index (χ1n) is 14.4. The third-order valence-corrected chi connectivity index (χ3v) is 13.3. The van der Waals surface area contributed by atoms with Crippen LogP contribution in [0.3, 0.4) is 0 Å². The number of ether oxygens (including phenoxy) is 2. The molecular formula is C31H53NO4Si. The van der Waals surface area contributed by atoms with Crippen molar-refractivity contribution in [3.8, 4) is 0 Å². The molecule has 0 unspecified atom stereocenters. The van der Waals surface area contributed by atoms with E-state index >= 15 is 0 Å². The van der Waals surface area contributed by atoms with Crippen molar-refractivity contribution >= 4 is 14.2 Å². The lowest BCUT2D eigenvalue weighted by Crippen LogP contribution is -2.43. The average molecular weight is 532 g/mol. The quantitative estimate of drug-likeness (QED) is 0.147. The summed E-state index contributed by atoms with van der Waals surface area (Å²) in [5.74, 6) is 0.694. The molecule has 6 heteroatoms. The monoisotopic (exact) mass is 531 g/mol. The van der Waals surface area contributed by atoms with Gasteiger partial charge in [0.25, 0.3) is 0 Å². The summed E-state index contributed by atoms with van der Waals surface area (Å²) in [6, 6.07) is 0.277. The van der Waals surface area contributed by atoms with Gasteiger partial charge in [0.1, 0.15) is 0 Å². The summed E-state index contributed by atoms with van der Waals surface area (Å²) >= 11 is 0. The predicted molar refractivity (Wildman–Crippen MR) is 155 cm³/mol. The summed E-state index contributed by atoms with van der Waals surface area (Å²) in [5, 5.41) is 3.37. The van der Waals surface area contributed by atoms with Crippen LogP contribution in [0.1, 0.15) is 93.4 Å². The lowest BCUT2D eigenvalue weighted by atomic mass is 9.83. The zero-order valence-electron chi connectivity index (χ0n) is 25.0. The van der Waals surface area contributed by atoms with Crippen LogP contribution in [0.4, 0.5) is 0 Å². The Balaban J connectivity index is 1.36. The first-order valence-corrected chi connectivity index (χ1v) is 17.3. The first-order chi connectivity index (χ1) is 17.1. The zero-order valence-corrected chi connectivity index (χ0v) is 26.0. The number of epoxide rings is 1. The third kappa shape index (κ3) is 9.49. The highest BCUT2D eigenvalue weighted by Crippen LogP contribution is 2.46. The van der Waals surface area contributed by atoms with Crippen molar-refractivity contribution in [2.45, 2.75) is 141 Å². The lowest BCUT2D eigenvalue weighted by molar-refractivity contribution is -0.117. The van der Waals surface area contributed by atoms with E-state index in [9.17, 15) is 4.79 Å². The van der Waals surface area contributed by atoms with E-state index in [1.807, 2.05) is 13.0 Å². The van der Waals surface area contributed by atoms with Gasteiger partial charge in [0, 0.05) is 25.0 Å². The van der Waals surface area contributed by atoms with Crippen LogP contribution < -0.4 is 5.32 Å². The maximum absolute atomic E-state index is 12.5. The number of carbonyl (C=O) groups excluding carboxylic acids is 1. The fourth-order valence-electron chi connectivity index (χ4n) is 5.51. The number of allylic oxidation sites excluding steroid dienone is 3. The highest BCUT2D eigenvalue weighted by molar-refractivity contribution is 6.74. The SMILES string of the molecule is CC(/C=C/[C@@H]1C[C@]2(CO2)CC(C)(C)O1)=C\C[C@H]1CC[C@H](NC(=O)/C=C\[C@H](C)O[Si](C)(C)C(C)(C)C)CC1. The normalized spacial score (nSPS) is 31.7. The number of hydrogen-bond donors (Lipinski definition) is 1. The molecule has 0 bridgehead atoms. The smallest absolute Gasteiger partial charge is 0.243 e. The largest absolute Gasteiger partial charge is 0.411 e. The van der Waals surface area contributed by atoms with Crippen LogP contribution in [0.15, 0.2) is 36.0 Å². The Morgan fingerprint density at radius 3 is 2.41 bits per heavy atom. The fourth-order valence-corrected chi connectivity index (χ4v) is 6.87. The Morgan fingerprint density at radius 2 is 1.81 bits per heavy atom. The minimum Gasteiger partial charge on any atom is -0.411 e. The molecule has 2 saturated heterocycles. The van der Waals surface area contributed by atoms with Crippen LogP contribution in [0.25, 0.3) is 0 Å². The van der Waals surface area contributed by atoms with Crippen molar-refractivity contribution in [2.24, 2.45) is 5.92 Å². The van der Waals surface area contributed by atoms with Crippen LogP contribution in [-0.4, -0.2) is 50.3 Å². The van der Waals surface area contributed by atoms with Gasteiger partial charge in [-0.1, -0.05) is 50.6 Å². The Bertz CT molecular complexity index is 864. The number of rotatable bonds is 9. The molecule has 37 heavy (non-hydrogen) atoms. The summed E-state index contributed by atoms with van der Waals surface area (Å²) in [5.41, 5.74) is 1.24. The van der Waals surface area contributed by atoms with Crippen LogP contribution in [0.5, 0.6) is 0 Å². The molecule has 0 radical (unpaired) electrons.